The average Bonchev–Trinajstić information content (AvgIpc) is 2.68. The van der Waals surface area contributed by atoms with Crippen LogP contribution < -0.4 is 16.0 Å². The van der Waals surface area contributed by atoms with Crippen LogP contribution in [0.3, 0.4) is 0 Å². The van der Waals surface area contributed by atoms with Crippen LogP contribution in [-0.2, 0) is 13.2 Å². The average molecular weight is 419 g/mol. The van der Waals surface area contributed by atoms with Gasteiger partial charge in [0, 0.05) is 29.0 Å². The molecule has 2 aromatic carbocycles. The van der Waals surface area contributed by atoms with Gasteiger partial charge in [0.05, 0.1) is 6.54 Å². The van der Waals surface area contributed by atoms with E-state index in [2.05, 4.69) is 0 Å². The van der Waals surface area contributed by atoms with E-state index in [1.807, 2.05) is 0 Å². The molecule has 0 saturated heterocycles. The fourth-order valence-corrected chi connectivity index (χ4v) is 3.03. The Balaban J connectivity index is 1.85. The molecule has 0 aliphatic carbocycles. The Kier molecular flexibility index (Phi) is 5.98. The summed E-state index contributed by atoms with van der Waals surface area (Å²) in [5.41, 5.74) is 6.51. The lowest BCUT2D eigenvalue weighted by molar-refractivity contribution is 0.1000. The Morgan fingerprint density at radius 2 is 1.93 bits per heavy atom. The first-order chi connectivity index (χ1) is 13.8. The Bertz CT molecular complexity index is 1150. The second-order valence-corrected chi connectivity index (χ2v) is 6.82. The molecule has 0 fully saturated rings. The summed E-state index contributed by atoms with van der Waals surface area (Å²) in [5, 5.41) is -0.163. The molecular formula is C21H17ClF2N2O3. The monoisotopic (exact) mass is 418 g/mol. The molecule has 5 nitrogen and oxygen atoms in total. The van der Waals surface area contributed by atoms with Gasteiger partial charge in [-0.3, -0.25) is 9.59 Å². The number of hydrogen-bond donors (Lipinski definition) is 1. The second-order valence-electron chi connectivity index (χ2n) is 6.44. The van der Waals surface area contributed by atoms with Gasteiger partial charge in [-0.15, -0.1) is 0 Å². The van der Waals surface area contributed by atoms with Crippen LogP contribution in [0.5, 0.6) is 5.75 Å². The minimum Gasteiger partial charge on any atom is -0.487 e. The molecule has 0 spiro atoms. The van der Waals surface area contributed by atoms with Crippen molar-refractivity contribution in [1.82, 2.24) is 4.57 Å². The smallest absolute Gasteiger partial charge is 0.273 e. The van der Waals surface area contributed by atoms with Gasteiger partial charge in [-0.1, -0.05) is 23.7 Å². The molecule has 0 radical (unpaired) electrons. The number of carbonyl (C=O) groups excluding carboxylic acids is 1. The van der Waals surface area contributed by atoms with Gasteiger partial charge in [-0.05, 0) is 36.8 Å². The number of carbonyl (C=O) groups is 1. The number of aromatic nitrogens is 1. The highest BCUT2D eigenvalue weighted by Crippen LogP contribution is 2.24. The molecule has 1 aromatic heterocycles. The first-order valence-electron chi connectivity index (χ1n) is 8.61. The quantitative estimate of drug-likeness (QED) is 0.661. The van der Waals surface area contributed by atoms with Gasteiger partial charge in [0.2, 0.25) is 5.91 Å². The van der Waals surface area contributed by atoms with Gasteiger partial charge in [0.25, 0.3) is 5.56 Å². The number of pyridine rings is 1. The highest BCUT2D eigenvalue weighted by atomic mass is 35.5. The van der Waals surface area contributed by atoms with Crippen LogP contribution in [0.25, 0.3) is 0 Å². The third kappa shape index (κ3) is 4.63. The summed E-state index contributed by atoms with van der Waals surface area (Å²) in [6.45, 7) is 1.66. The van der Waals surface area contributed by atoms with E-state index in [-0.39, 0.29) is 29.5 Å². The fourth-order valence-electron chi connectivity index (χ4n) is 2.82. The molecule has 0 unspecified atom stereocenters. The summed E-state index contributed by atoms with van der Waals surface area (Å²) in [5.74, 6) is -1.91. The predicted octanol–water partition coefficient (Wildman–Crippen LogP) is 3.81. The number of rotatable bonds is 6. The van der Waals surface area contributed by atoms with Crippen LogP contribution in [0.15, 0.2) is 53.3 Å². The van der Waals surface area contributed by atoms with Crippen molar-refractivity contribution < 1.29 is 18.3 Å². The van der Waals surface area contributed by atoms with Gasteiger partial charge in [0.1, 0.15) is 29.0 Å². The van der Waals surface area contributed by atoms with Crippen molar-refractivity contribution in [1.29, 1.82) is 0 Å². The number of ether oxygens (including phenoxy) is 1. The van der Waals surface area contributed by atoms with E-state index in [1.54, 1.807) is 37.3 Å². The molecule has 1 heterocycles. The molecule has 8 heteroatoms. The topological polar surface area (TPSA) is 74.3 Å². The zero-order valence-corrected chi connectivity index (χ0v) is 16.2. The normalized spacial score (nSPS) is 10.8. The molecule has 0 atom stereocenters. The lowest BCUT2D eigenvalue weighted by Crippen LogP contribution is -2.24. The van der Waals surface area contributed by atoms with Crippen molar-refractivity contribution in [3.8, 4) is 5.75 Å². The minimum absolute atomic E-state index is 0.0972. The summed E-state index contributed by atoms with van der Waals surface area (Å²) in [6.07, 6.45) is 0. The van der Waals surface area contributed by atoms with Crippen molar-refractivity contribution in [2.24, 2.45) is 5.73 Å². The van der Waals surface area contributed by atoms with E-state index in [1.165, 1.54) is 10.6 Å². The molecule has 1 amide bonds. The van der Waals surface area contributed by atoms with Gasteiger partial charge < -0.3 is 15.0 Å². The zero-order chi connectivity index (χ0) is 21.1. The minimum atomic E-state index is -0.750. The van der Waals surface area contributed by atoms with E-state index >= 15 is 0 Å². The summed E-state index contributed by atoms with van der Waals surface area (Å²) in [7, 11) is 0. The maximum Gasteiger partial charge on any atom is 0.273 e. The number of aryl methyl sites for hydroxylation is 1. The number of hydrogen-bond acceptors (Lipinski definition) is 3. The second kappa shape index (κ2) is 8.45. The largest absolute Gasteiger partial charge is 0.487 e. The van der Waals surface area contributed by atoms with Gasteiger partial charge >= 0.3 is 0 Å². The molecule has 29 heavy (non-hydrogen) atoms. The van der Waals surface area contributed by atoms with Crippen molar-refractivity contribution >= 4 is 17.5 Å². The van der Waals surface area contributed by atoms with E-state index in [0.717, 1.165) is 12.1 Å². The molecule has 0 aliphatic heterocycles. The highest BCUT2D eigenvalue weighted by Gasteiger charge is 2.14. The number of nitrogens with two attached hydrogens (primary N) is 1. The Morgan fingerprint density at radius 1 is 1.17 bits per heavy atom. The Labute approximate surface area is 170 Å². The van der Waals surface area contributed by atoms with Crippen molar-refractivity contribution in [2.45, 2.75) is 20.1 Å². The molecule has 2 N–H and O–H groups in total. The van der Waals surface area contributed by atoms with Crippen molar-refractivity contribution in [3.05, 3.63) is 97.9 Å². The first-order valence-corrected chi connectivity index (χ1v) is 8.99. The van der Waals surface area contributed by atoms with Crippen molar-refractivity contribution in [2.75, 3.05) is 0 Å². The maximum absolute atomic E-state index is 13.8. The van der Waals surface area contributed by atoms with E-state index < -0.39 is 23.1 Å². The molecule has 0 saturated carbocycles. The van der Waals surface area contributed by atoms with Crippen LogP contribution in [0.4, 0.5) is 8.78 Å². The SMILES string of the molecule is Cc1cc(OCc2ccc(F)cc2F)c(Cl)c(=O)n1Cc1cccc(C(N)=O)c1. The number of primary amides is 1. The summed E-state index contributed by atoms with van der Waals surface area (Å²) < 4.78 is 33.7. The predicted molar refractivity (Wildman–Crippen MR) is 105 cm³/mol. The lowest BCUT2D eigenvalue weighted by atomic mass is 10.1. The number of benzene rings is 2. The number of amides is 1. The summed E-state index contributed by atoms with van der Waals surface area (Å²) in [4.78, 5) is 24.0. The van der Waals surface area contributed by atoms with Gasteiger partial charge in [-0.25, -0.2) is 8.78 Å². The van der Waals surface area contributed by atoms with E-state index in [0.29, 0.717) is 16.8 Å². The van der Waals surface area contributed by atoms with Crippen LogP contribution in [0.1, 0.15) is 27.2 Å². The molecule has 0 aliphatic rings. The molecule has 3 aromatic rings. The third-order valence-corrected chi connectivity index (χ3v) is 4.71. The fraction of sp³-hybridized carbons (Fsp3) is 0.143. The van der Waals surface area contributed by atoms with Crippen LogP contribution >= 0.6 is 11.6 Å². The van der Waals surface area contributed by atoms with E-state index in [9.17, 15) is 18.4 Å². The Hall–Kier alpha value is -3.19. The zero-order valence-electron chi connectivity index (χ0n) is 15.4. The first kappa shape index (κ1) is 20.5. The molecule has 150 valence electrons. The summed E-state index contributed by atoms with van der Waals surface area (Å²) >= 11 is 6.16. The highest BCUT2D eigenvalue weighted by molar-refractivity contribution is 6.31. The maximum atomic E-state index is 13.8. The molecule has 0 bridgehead atoms. The van der Waals surface area contributed by atoms with Gasteiger partial charge in [-0.2, -0.15) is 0 Å². The Morgan fingerprint density at radius 3 is 2.62 bits per heavy atom. The molecule has 3 rings (SSSR count). The number of halogens is 3. The standard InChI is InChI=1S/C21H17ClF2N2O3/c1-12-7-18(29-11-15-5-6-16(23)9-17(15)24)19(22)21(28)26(12)10-13-3-2-4-14(8-13)20(25)27/h2-9H,10-11H2,1H3,(H2,25,27). The van der Waals surface area contributed by atoms with E-state index in [4.69, 9.17) is 22.1 Å². The van der Waals surface area contributed by atoms with Crippen molar-refractivity contribution in [3.63, 3.8) is 0 Å². The number of nitrogens with zero attached hydrogens (tertiary/aromatic N) is 1. The van der Waals surface area contributed by atoms with Crippen LogP contribution in [0.2, 0.25) is 5.02 Å². The molecular weight excluding hydrogens is 402 g/mol. The van der Waals surface area contributed by atoms with Gasteiger partial charge in [0.15, 0.2) is 0 Å². The lowest BCUT2D eigenvalue weighted by Gasteiger charge is -2.15. The third-order valence-electron chi connectivity index (χ3n) is 4.37. The van der Waals surface area contributed by atoms with Crippen LogP contribution in [0, 0.1) is 18.6 Å². The van der Waals surface area contributed by atoms with Crippen LogP contribution in [-0.4, -0.2) is 10.5 Å². The summed E-state index contributed by atoms with van der Waals surface area (Å²) in [6, 6.07) is 11.3.